The van der Waals surface area contributed by atoms with Gasteiger partial charge >= 0.3 is 0 Å². The van der Waals surface area contributed by atoms with Crippen LogP contribution in [-0.4, -0.2) is 10.8 Å². The van der Waals surface area contributed by atoms with E-state index in [0.29, 0.717) is 0 Å². The molecule has 0 unspecified atom stereocenters. The molecule has 0 saturated carbocycles. The number of anilines is 1. The molecule has 1 heterocycles. The average Bonchev–Trinajstić information content (AvgIpc) is 2.69. The van der Waals surface area contributed by atoms with Gasteiger partial charge in [-0.15, -0.1) is 0 Å². The normalized spacial score (nSPS) is 23.3. The highest BCUT2D eigenvalue weighted by Gasteiger charge is 2.38. The van der Waals surface area contributed by atoms with E-state index in [1.165, 1.54) is 5.56 Å². The molecule has 1 aliphatic heterocycles. The first-order chi connectivity index (χ1) is 8.60. The number of hydrazine groups is 1. The van der Waals surface area contributed by atoms with Crippen molar-refractivity contribution in [2.24, 2.45) is 0 Å². The second-order valence-corrected chi connectivity index (χ2v) is 5.29. The maximum atomic E-state index is 5.44. The third-order valence-corrected chi connectivity index (χ3v) is 3.73. The molecule has 0 aliphatic carbocycles. The molecule has 0 radical (unpaired) electrons. The zero-order chi connectivity index (χ0) is 13.2. The number of benzene rings is 1. The third kappa shape index (κ3) is 2.49. The summed E-state index contributed by atoms with van der Waals surface area (Å²) in [7, 11) is 0. The van der Waals surface area contributed by atoms with Crippen molar-refractivity contribution in [3.05, 3.63) is 29.8 Å². The lowest BCUT2D eigenvalue weighted by Gasteiger charge is -2.28. The van der Waals surface area contributed by atoms with Crippen molar-refractivity contribution >= 4 is 23.0 Å². The summed E-state index contributed by atoms with van der Waals surface area (Å²) >= 11 is 5.44. The summed E-state index contributed by atoms with van der Waals surface area (Å²) in [5.74, 6) is 0. The molecule has 0 amide bonds. The van der Waals surface area contributed by atoms with Gasteiger partial charge in [-0.3, -0.25) is 5.01 Å². The fraction of sp³-hybridized carbons (Fsp3) is 0.500. The minimum absolute atomic E-state index is 0.0866. The molecular weight excluding hydrogens is 242 g/mol. The molecule has 18 heavy (non-hydrogen) atoms. The molecule has 1 aliphatic rings. The quantitative estimate of drug-likeness (QED) is 0.816. The fourth-order valence-electron chi connectivity index (χ4n) is 2.32. The molecule has 2 rings (SSSR count). The molecule has 0 aromatic heterocycles. The molecule has 1 fully saturated rings. The average molecular weight is 263 g/mol. The van der Waals surface area contributed by atoms with Gasteiger partial charge in [0.25, 0.3) is 0 Å². The summed E-state index contributed by atoms with van der Waals surface area (Å²) in [6.45, 7) is 6.46. The van der Waals surface area contributed by atoms with Crippen LogP contribution in [0.1, 0.15) is 38.7 Å². The monoisotopic (exact) mass is 263 g/mol. The largest absolute Gasteiger partial charge is 0.342 e. The number of hydrogen-bond donors (Lipinski definition) is 2. The summed E-state index contributed by atoms with van der Waals surface area (Å²) < 4.78 is 0. The molecule has 3 nitrogen and oxygen atoms in total. The Bertz CT molecular complexity index is 429. The van der Waals surface area contributed by atoms with Gasteiger partial charge in [-0.25, -0.2) is 5.43 Å². The van der Waals surface area contributed by atoms with Gasteiger partial charge in [0.1, 0.15) is 5.66 Å². The molecule has 98 valence electrons. The summed E-state index contributed by atoms with van der Waals surface area (Å²) in [6.07, 6.45) is 3.19. The molecule has 1 atom stereocenters. The second kappa shape index (κ2) is 5.24. The standard InChI is InChI=1S/C14H21N3S/c1-4-10-14(5-2)15-13(18)17(16-14)12-8-6-11(3)7-9-12/h6-9,16H,4-5,10H2,1-3H3,(H,15,18)/t14-/m1/s1. The van der Waals surface area contributed by atoms with E-state index in [4.69, 9.17) is 12.2 Å². The minimum Gasteiger partial charge on any atom is -0.342 e. The Balaban J connectivity index is 2.21. The number of nitrogens with one attached hydrogen (secondary N) is 2. The van der Waals surface area contributed by atoms with Crippen molar-refractivity contribution in [3.63, 3.8) is 0 Å². The highest BCUT2D eigenvalue weighted by molar-refractivity contribution is 7.80. The molecule has 2 N–H and O–H groups in total. The van der Waals surface area contributed by atoms with E-state index in [2.05, 4.69) is 55.8 Å². The predicted molar refractivity (Wildman–Crippen MR) is 80.5 cm³/mol. The van der Waals surface area contributed by atoms with Crippen LogP contribution in [0, 0.1) is 6.92 Å². The molecule has 1 aromatic rings. The Morgan fingerprint density at radius 2 is 1.89 bits per heavy atom. The van der Waals surface area contributed by atoms with Crippen LogP contribution in [0.3, 0.4) is 0 Å². The SMILES string of the molecule is CCC[C@]1(CC)NC(=S)N(c2ccc(C)cc2)N1. The number of aryl methyl sites for hydroxylation is 1. The summed E-state index contributed by atoms with van der Waals surface area (Å²) in [6, 6.07) is 8.39. The van der Waals surface area contributed by atoms with Gasteiger partial charge in [-0.05, 0) is 44.1 Å². The first-order valence-electron chi connectivity index (χ1n) is 6.57. The van der Waals surface area contributed by atoms with Crippen LogP contribution < -0.4 is 15.8 Å². The molecule has 0 bridgehead atoms. The zero-order valence-corrected chi connectivity index (χ0v) is 12.1. The van der Waals surface area contributed by atoms with Crippen LogP contribution in [0.4, 0.5) is 5.69 Å². The Labute approximate surface area is 115 Å². The van der Waals surface area contributed by atoms with Crippen LogP contribution in [0.5, 0.6) is 0 Å². The van der Waals surface area contributed by atoms with Gasteiger partial charge in [0.05, 0.1) is 5.69 Å². The fourth-order valence-corrected chi connectivity index (χ4v) is 2.66. The number of rotatable bonds is 4. The first kappa shape index (κ1) is 13.3. The Kier molecular flexibility index (Phi) is 3.88. The van der Waals surface area contributed by atoms with E-state index in [0.717, 1.165) is 30.1 Å². The summed E-state index contributed by atoms with van der Waals surface area (Å²) in [5, 5.41) is 6.17. The third-order valence-electron chi connectivity index (χ3n) is 3.45. The molecule has 1 saturated heterocycles. The highest BCUT2D eigenvalue weighted by Crippen LogP contribution is 2.24. The molecular formula is C14H21N3S. The summed E-state index contributed by atoms with van der Waals surface area (Å²) in [4.78, 5) is 0. The van der Waals surface area contributed by atoms with Crippen LogP contribution in [0.15, 0.2) is 24.3 Å². The van der Waals surface area contributed by atoms with Crippen LogP contribution in [0.2, 0.25) is 0 Å². The van der Waals surface area contributed by atoms with Crippen molar-refractivity contribution in [3.8, 4) is 0 Å². The lowest BCUT2D eigenvalue weighted by atomic mass is 10.0. The van der Waals surface area contributed by atoms with E-state index >= 15 is 0 Å². The number of nitrogens with zero attached hydrogens (tertiary/aromatic N) is 1. The van der Waals surface area contributed by atoms with Crippen molar-refractivity contribution < 1.29 is 0 Å². The Morgan fingerprint density at radius 3 is 2.44 bits per heavy atom. The zero-order valence-electron chi connectivity index (χ0n) is 11.3. The molecule has 4 heteroatoms. The van der Waals surface area contributed by atoms with E-state index < -0.39 is 0 Å². The number of thiocarbonyl (C=S) groups is 1. The maximum absolute atomic E-state index is 5.44. The van der Waals surface area contributed by atoms with Crippen molar-refractivity contribution in [1.29, 1.82) is 0 Å². The number of hydrogen-bond acceptors (Lipinski definition) is 2. The summed E-state index contributed by atoms with van der Waals surface area (Å²) in [5.41, 5.74) is 5.78. The molecule has 0 spiro atoms. The van der Waals surface area contributed by atoms with Gasteiger partial charge in [-0.1, -0.05) is 38.0 Å². The second-order valence-electron chi connectivity index (χ2n) is 4.90. The van der Waals surface area contributed by atoms with E-state index in [1.807, 2.05) is 5.01 Å². The highest BCUT2D eigenvalue weighted by atomic mass is 32.1. The molecule has 1 aromatic carbocycles. The van der Waals surface area contributed by atoms with Crippen LogP contribution >= 0.6 is 12.2 Å². The van der Waals surface area contributed by atoms with Crippen molar-refractivity contribution in [1.82, 2.24) is 10.7 Å². The lowest BCUT2D eigenvalue weighted by Crippen LogP contribution is -2.50. The van der Waals surface area contributed by atoms with Gasteiger partial charge in [0.15, 0.2) is 5.11 Å². The van der Waals surface area contributed by atoms with Crippen LogP contribution in [0.25, 0.3) is 0 Å². The Morgan fingerprint density at radius 1 is 1.22 bits per heavy atom. The Hall–Kier alpha value is -1.13. The minimum atomic E-state index is -0.0866. The van der Waals surface area contributed by atoms with Gasteiger partial charge in [0.2, 0.25) is 0 Å². The van der Waals surface area contributed by atoms with Gasteiger partial charge in [-0.2, -0.15) is 0 Å². The topological polar surface area (TPSA) is 27.3 Å². The van der Waals surface area contributed by atoms with Crippen molar-refractivity contribution in [2.75, 3.05) is 5.01 Å². The van der Waals surface area contributed by atoms with Gasteiger partial charge in [0, 0.05) is 0 Å². The van der Waals surface area contributed by atoms with Gasteiger partial charge < -0.3 is 5.32 Å². The van der Waals surface area contributed by atoms with E-state index in [1.54, 1.807) is 0 Å². The predicted octanol–water partition coefficient (Wildman–Crippen LogP) is 3.10. The maximum Gasteiger partial charge on any atom is 0.189 e. The smallest absolute Gasteiger partial charge is 0.189 e. The first-order valence-corrected chi connectivity index (χ1v) is 6.98. The van der Waals surface area contributed by atoms with E-state index in [-0.39, 0.29) is 5.66 Å². The van der Waals surface area contributed by atoms with E-state index in [9.17, 15) is 0 Å². The van der Waals surface area contributed by atoms with Crippen molar-refractivity contribution in [2.45, 2.75) is 45.7 Å². The lowest BCUT2D eigenvalue weighted by molar-refractivity contribution is 0.300. The van der Waals surface area contributed by atoms with Crippen LogP contribution in [-0.2, 0) is 0 Å².